The average Bonchev–Trinajstić information content (AvgIpc) is 2.82. The molecule has 1 saturated heterocycles. The van der Waals surface area contributed by atoms with Crippen LogP contribution in [0.4, 0.5) is 0 Å². The van der Waals surface area contributed by atoms with E-state index < -0.39 is 0 Å². The molecule has 1 aliphatic heterocycles. The first-order valence-electron chi connectivity index (χ1n) is 6.28. The lowest BCUT2D eigenvalue weighted by Gasteiger charge is -2.25. The highest BCUT2D eigenvalue weighted by molar-refractivity contribution is 6.64. The largest absolute Gasteiger partial charge is 0.395 e. The Labute approximate surface area is 107 Å². The lowest BCUT2D eigenvalue weighted by molar-refractivity contribution is 0.205. The molecule has 1 heterocycles. The summed E-state index contributed by atoms with van der Waals surface area (Å²) in [5.41, 5.74) is 2.06. The van der Waals surface area contributed by atoms with Crippen LogP contribution in [-0.2, 0) is 11.4 Å². The first-order chi connectivity index (χ1) is 8.80. The zero-order chi connectivity index (χ0) is 13.0. The first kappa shape index (κ1) is 13.3. The number of benzene rings is 1. The smallest absolute Gasteiger partial charge is 0.281 e. The molecule has 1 aliphatic rings. The van der Waals surface area contributed by atoms with Crippen LogP contribution >= 0.6 is 0 Å². The van der Waals surface area contributed by atoms with Gasteiger partial charge in [0.05, 0.1) is 19.4 Å². The minimum absolute atomic E-state index is 0.0233. The first-order valence-corrected chi connectivity index (χ1v) is 6.28. The van der Waals surface area contributed by atoms with Gasteiger partial charge in [-0.1, -0.05) is 24.3 Å². The van der Waals surface area contributed by atoms with Crippen molar-refractivity contribution in [1.29, 1.82) is 0 Å². The van der Waals surface area contributed by atoms with Gasteiger partial charge in [0, 0.05) is 12.0 Å². The van der Waals surface area contributed by atoms with Crippen LogP contribution < -0.4 is 0 Å². The van der Waals surface area contributed by atoms with Gasteiger partial charge >= 0.3 is 0 Å². The molecule has 2 N–H and O–H groups in total. The van der Waals surface area contributed by atoms with E-state index in [0.717, 1.165) is 24.7 Å². The van der Waals surface area contributed by atoms with Crippen molar-refractivity contribution in [2.45, 2.75) is 25.0 Å². The van der Waals surface area contributed by atoms with Crippen molar-refractivity contribution in [1.82, 2.24) is 4.81 Å². The van der Waals surface area contributed by atoms with Crippen LogP contribution in [0.2, 0.25) is 0 Å². The SMILES string of the molecule is O=CBN1CC[C@H](c2ccc(CO)cc2)[C@H]1CO. The molecule has 0 bridgehead atoms. The van der Waals surface area contributed by atoms with E-state index in [1.807, 2.05) is 29.1 Å². The molecular formula is C13H18BNO3. The fraction of sp³-hybridized carbons (Fsp3) is 0.462. The van der Waals surface area contributed by atoms with Crippen LogP contribution in [0.15, 0.2) is 24.3 Å². The third-order valence-corrected chi connectivity index (χ3v) is 3.75. The summed E-state index contributed by atoms with van der Waals surface area (Å²) in [6, 6.07) is 7.85. The van der Waals surface area contributed by atoms with Crippen molar-refractivity contribution >= 4 is 13.6 Å². The number of nitrogens with zero attached hydrogens (tertiary/aromatic N) is 1. The lowest BCUT2D eigenvalue weighted by atomic mass is 9.88. The molecule has 0 aromatic heterocycles. The number of carbonyl (C=O) groups excluding carboxylic acids is 1. The van der Waals surface area contributed by atoms with Crippen LogP contribution in [0, 0.1) is 0 Å². The molecule has 2 rings (SSSR count). The quantitative estimate of drug-likeness (QED) is 0.562. The molecule has 0 unspecified atom stereocenters. The molecule has 1 aromatic carbocycles. The Morgan fingerprint density at radius 1 is 1.33 bits per heavy atom. The third-order valence-electron chi connectivity index (χ3n) is 3.75. The minimum Gasteiger partial charge on any atom is -0.395 e. The molecule has 0 amide bonds. The van der Waals surface area contributed by atoms with Crippen molar-refractivity contribution in [3.63, 3.8) is 0 Å². The maximum atomic E-state index is 10.6. The van der Waals surface area contributed by atoms with E-state index >= 15 is 0 Å². The standard InChI is InChI=1S/C13H18BNO3/c16-7-10-1-3-11(4-2-10)12-5-6-15(14-9-18)13(12)8-17/h1-4,9,12-14,16-17H,5-8H2/t12-,13-/m1/s1. The number of carbonyl (C=O) groups is 1. The molecule has 4 nitrogen and oxygen atoms in total. The van der Waals surface area contributed by atoms with Crippen LogP contribution in [0.1, 0.15) is 23.5 Å². The van der Waals surface area contributed by atoms with Gasteiger partial charge in [0.1, 0.15) is 0 Å². The molecule has 5 heteroatoms. The van der Waals surface area contributed by atoms with E-state index in [2.05, 4.69) is 0 Å². The summed E-state index contributed by atoms with van der Waals surface area (Å²) >= 11 is 0. The predicted octanol–water partition coefficient (Wildman–Crippen LogP) is -0.129. The predicted molar refractivity (Wildman–Crippen MR) is 71.2 cm³/mol. The topological polar surface area (TPSA) is 60.8 Å². The monoisotopic (exact) mass is 247 g/mol. The van der Waals surface area contributed by atoms with Crippen molar-refractivity contribution in [3.8, 4) is 0 Å². The zero-order valence-electron chi connectivity index (χ0n) is 10.3. The maximum Gasteiger partial charge on any atom is 0.281 e. The second kappa shape index (κ2) is 6.13. The lowest BCUT2D eigenvalue weighted by Crippen LogP contribution is -2.38. The Morgan fingerprint density at radius 3 is 2.61 bits per heavy atom. The average molecular weight is 247 g/mol. The summed E-state index contributed by atoms with van der Waals surface area (Å²) in [6.07, 6.45) is 1.84. The van der Waals surface area contributed by atoms with Crippen molar-refractivity contribution in [2.75, 3.05) is 13.2 Å². The number of rotatable bonds is 5. The van der Waals surface area contributed by atoms with E-state index in [1.165, 1.54) is 5.56 Å². The van der Waals surface area contributed by atoms with E-state index in [4.69, 9.17) is 5.11 Å². The normalized spacial score (nSPS) is 24.1. The third kappa shape index (κ3) is 2.63. The summed E-state index contributed by atoms with van der Waals surface area (Å²) in [5.74, 6) is 0.266. The molecule has 2 atom stereocenters. The molecule has 0 spiro atoms. The molecule has 1 aromatic rings. The van der Waals surface area contributed by atoms with Gasteiger partial charge in [0.15, 0.2) is 0 Å². The Bertz CT molecular complexity index is 396. The van der Waals surface area contributed by atoms with Crippen LogP contribution in [-0.4, -0.2) is 47.8 Å². The van der Waals surface area contributed by atoms with Crippen LogP contribution in [0.25, 0.3) is 0 Å². The molecule has 0 aliphatic carbocycles. The molecule has 0 saturated carbocycles. The maximum absolute atomic E-state index is 10.6. The van der Waals surface area contributed by atoms with Crippen molar-refractivity contribution < 1.29 is 15.0 Å². The molecular weight excluding hydrogens is 229 g/mol. The van der Waals surface area contributed by atoms with Gasteiger partial charge in [-0.3, -0.25) is 0 Å². The summed E-state index contributed by atoms with van der Waals surface area (Å²) in [5, 5.41) is 18.5. The fourth-order valence-corrected chi connectivity index (χ4v) is 2.74. The summed E-state index contributed by atoms with van der Waals surface area (Å²) in [4.78, 5) is 12.6. The fourth-order valence-electron chi connectivity index (χ4n) is 2.74. The van der Waals surface area contributed by atoms with Gasteiger partial charge < -0.3 is 19.8 Å². The van der Waals surface area contributed by atoms with Crippen molar-refractivity contribution in [2.24, 2.45) is 0 Å². The van der Waals surface area contributed by atoms with Gasteiger partial charge in [0.25, 0.3) is 7.41 Å². The number of hydrogen-bond donors (Lipinski definition) is 2. The van der Waals surface area contributed by atoms with Gasteiger partial charge in [-0.2, -0.15) is 0 Å². The summed E-state index contributed by atoms with van der Waals surface area (Å²) in [6.45, 7) is 0.961. The number of aliphatic hydroxyl groups excluding tert-OH is 2. The Kier molecular flexibility index (Phi) is 4.52. The van der Waals surface area contributed by atoms with Gasteiger partial charge in [-0.25, -0.2) is 0 Å². The zero-order valence-corrected chi connectivity index (χ0v) is 10.3. The molecule has 18 heavy (non-hydrogen) atoms. The van der Waals surface area contributed by atoms with Gasteiger partial charge in [-0.05, 0) is 24.1 Å². The second-order valence-corrected chi connectivity index (χ2v) is 4.71. The van der Waals surface area contributed by atoms with Crippen LogP contribution in [0.5, 0.6) is 0 Å². The number of hydrogen-bond acceptors (Lipinski definition) is 4. The van der Waals surface area contributed by atoms with E-state index in [1.54, 1.807) is 0 Å². The van der Waals surface area contributed by atoms with Gasteiger partial charge in [0.2, 0.25) is 0 Å². The number of aliphatic hydroxyl groups is 2. The highest BCUT2D eigenvalue weighted by atomic mass is 16.3. The van der Waals surface area contributed by atoms with E-state index in [-0.39, 0.29) is 25.2 Å². The van der Waals surface area contributed by atoms with E-state index in [9.17, 15) is 9.90 Å². The van der Waals surface area contributed by atoms with E-state index in [0.29, 0.717) is 7.41 Å². The second-order valence-electron chi connectivity index (χ2n) is 4.71. The minimum atomic E-state index is 0.0233. The molecule has 0 radical (unpaired) electrons. The molecule has 1 fully saturated rings. The summed E-state index contributed by atoms with van der Waals surface area (Å²) < 4.78 is 0. The highest BCUT2D eigenvalue weighted by Gasteiger charge is 2.34. The summed E-state index contributed by atoms with van der Waals surface area (Å²) in [7, 11) is 0.385. The highest BCUT2D eigenvalue weighted by Crippen LogP contribution is 2.32. The molecule has 96 valence electrons. The Hall–Kier alpha value is -1.17. The van der Waals surface area contributed by atoms with Gasteiger partial charge in [-0.15, -0.1) is 0 Å². The Morgan fingerprint density at radius 2 is 2.06 bits per heavy atom. The van der Waals surface area contributed by atoms with Crippen molar-refractivity contribution in [3.05, 3.63) is 35.4 Å². The Balaban J connectivity index is 2.14. The van der Waals surface area contributed by atoms with Crippen LogP contribution in [0.3, 0.4) is 0 Å².